The summed E-state index contributed by atoms with van der Waals surface area (Å²) >= 11 is 0. The number of hydrogen-bond donors (Lipinski definition) is 5. The number of aromatic nitrogens is 2. The molecule has 272 valence electrons. The number of carbonyl (C=O) groups excluding carboxylic acids is 2. The fourth-order valence-corrected chi connectivity index (χ4v) is 4.68. The van der Waals surface area contributed by atoms with Gasteiger partial charge in [0.25, 0.3) is 11.8 Å². The van der Waals surface area contributed by atoms with Gasteiger partial charge in [0.2, 0.25) is 0 Å². The number of ether oxygens (including phenoxy) is 3. The monoisotopic (exact) mass is 711 g/mol. The molecule has 0 radical (unpaired) electrons. The van der Waals surface area contributed by atoms with Gasteiger partial charge in [-0.1, -0.05) is 18.2 Å². The maximum Gasteiger partial charge on any atom is 0.573 e. The lowest BCUT2D eigenvalue weighted by molar-refractivity contribution is -0.274. The number of anilines is 2. The molecule has 0 saturated carbocycles. The normalized spacial score (nSPS) is 11.9. The molecule has 0 aliphatic carbocycles. The van der Waals surface area contributed by atoms with E-state index < -0.39 is 29.2 Å². The Bertz CT molecular complexity index is 1800. The third-order valence-corrected chi connectivity index (χ3v) is 7.46. The highest BCUT2D eigenvalue weighted by atomic mass is 19.4. The molecule has 3 aromatic carbocycles. The fraction of sp³-hybridized carbons (Fsp3) is 0.333. The average molecular weight is 712 g/mol. The van der Waals surface area contributed by atoms with Crippen LogP contribution in [0.1, 0.15) is 54.8 Å². The number of carbonyl (C=O) groups is 2. The van der Waals surface area contributed by atoms with Crippen LogP contribution in [-0.2, 0) is 9.47 Å². The summed E-state index contributed by atoms with van der Waals surface area (Å²) < 4.78 is 53.2. The van der Waals surface area contributed by atoms with Crippen LogP contribution >= 0.6 is 0 Å². The van der Waals surface area contributed by atoms with Crippen molar-refractivity contribution in [1.82, 2.24) is 20.6 Å². The summed E-state index contributed by atoms with van der Waals surface area (Å²) in [6, 6.07) is 17.9. The first-order chi connectivity index (χ1) is 24.0. The van der Waals surface area contributed by atoms with Crippen LogP contribution in [0.25, 0.3) is 11.3 Å². The number of alkyl halides is 3. The van der Waals surface area contributed by atoms with Gasteiger partial charge in [0.1, 0.15) is 17.9 Å². The number of para-hydroxylation sites is 1. The highest BCUT2D eigenvalue weighted by Crippen LogP contribution is 2.29. The second kappa shape index (κ2) is 16.5. The third-order valence-electron chi connectivity index (χ3n) is 7.46. The molecule has 1 heterocycles. The zero-order chi connectivity index (χ0) is 37.2. The van der Waals surface area contributed by atoms with E-state index in [4.69, 9.17) is 9.47 Å². The Morgan fingerprint density at radius 2 is 1.51 bits per heavy atom. The van der Waals surface area contributed by atoms with E-state index in [0.29, 0.717) is 41.4 Å². The van der Waals surface area contributed by atoms with E-state index >= 15 is 0 Å². The van der Waals surface area contributed by atoms with Gasteiger partial charge in [0.15, 0.2) is 11.5 Å². The summed E-state index contributed by atoms with van der Waals surface area (Å²) in [7, 11) is 0. The van der Waals surface area contributed by atoms with E-state index in [-0.39, 0.29) is 42.7 Å². The van der Waals surface area contributed by atoms with Gasteiger partial charge in [-0.2, -0.15) is 0 Å². The van der Waals surface area contributed by atoms with E-state index in [2.05, 4.69) is 30.7 Å². The van der Waals surface area contributed by atoms with Gasteiger partial charge in [-0.25, -0.2) is 9.97 Å². The van der Waals surface area contributed by atoms with E-state index in [1.807, 2.05) is 27.7 Å². The predicted octanol–water partition coefficient (Wildman–Crippen LogP) is 6.34. The average Bonchev–Trinajstić information content (AvgIpc) is 3.07. The van der Waals surface area contributed by atoms with Crippen molar-refractivity contribution in [3.63, 3.8) is 0 Å². The van der Waals surface area contributed by atoms with Crippen molar-refractivity contribution >= 4 is 23.3 Å². The number of rotatable bonds is 16. The summed E-state index contributed by atoms with van der Waals surface area (Å²) in [5.74, 6) is -1.66. The highest BCUT2D eigenvalue weighted by molar-refractivity contribution is 5.97. The van der Waals surface area contributed by atoms with Crippen LogP contribution in [0.15, 0.2) is 79.1 Å². The van der Waals surface area contributed by atoms with Crippen LogP contribution in [0.5, 0.6) is 17.2 Å². The van der Waals surface area contributed by atoms with E-state index in [1.54, 1.807) is 30.3 Å². The predicted molar refractivity (Wildman–Crippen MR) is 183 cm³/mol. The molecule has 2 amide bonds. The fourth-order valence-electron chi connectivity index (χ4n) is 4.68. The summed E-state index contributed by atoms with van der Waals surface area (Å²) in [4.78, 5) is 33.8. The lowest BCUT2D eigenvalue weighted by Gasteiger charge is -2.30. The molecule has 0 aliphatic heterocycles. The molecule has 0 bridgehead atoms. The Balaban J connectivity index is 1.20. The lowest BCUT2D eigenvalue weighted by Crippen LogP contribution is -2.41. The molecule has 1 aromatic heterocycles. The zero-order valence-corrected chi connectivity index (χ0v) is 28.5. The highest BCUT2D eigenvalue weighted by Gasteiger charge is 2.31. The largest absolute Gasteiger partial charge is 0.573 e. The minimum Gasteiger partial charge on any atom is -0.504 e. The Morgan fingerprint density at radius 3 is 2.24 bits per heavy atom. The molecule has 0 fully saturated rings. The van der Waals surface area contributed by atoms with E-state index in [1.165, 1.54) is 48.8 Å². The Morgan fingerprint density at radius 1 is 0.804 bits per heavy atom. The van der Waals surface area contributed by atoms with Crippen LogP contribution in [0, 0.1) is 0 Å². The Kier molecular flexibility index (Phi) is 12.4. The maximum atomic E-state index is 12.9. The second-order valence-electron chi connectivity index (χ2n) is 12.6. The maximum absolute atomic E-state index is 12.9. The van der Waals surface area contributed by atoms with Crippen LogP contribution in [0.2, 0.25) is 0 Å². The summed E-state index contributed by atoms with van der Waals surface area (Å²) in [5.41, 5.74) is 0.724. The Labute approximate surface area is 293 Å². The van der Waals surface area contributed by atoms with Crippen LogP contribution in [0.3, 0.4) is 0 Å². The molecule has 0 aliphatic rings. The zero-order valence-electron chi connectivity index (χ0n) is 28.5. The molecular weight excluding hydrogens is 671 g/mol. The summed E-state index contributed by atoms with van der Waals surface area (Å²) in [6.45, 7) is 8.43. The smallest absolute Gasteiger partial charge is 0.504 e. The first-order valence-corrected chi connectivity index (χ1v) is 15.9. The Hall–Kier alpha value is -5.41. The lowest BCUT2D eigenvalue weighted by atomic mass is 10.1. The molecule has 51 heavy (non-hydrogen) atoms. The number of amides is 2. The molecule has 5 N–H and O–H groups in total. The van der Waals surface area contributed by atoms with Crippen LogP contribution in [0.4, 0.5) is 24.7 Å². The van der Waals surface area contributed by atoms with Gasteiger partial charge in [0, 0.05) is 36.0 Å². The molecule has 4 rings (SSSR count). The number of phenols is 2. The number of nitrogens with zero attached hydrogens (tertiary/aromatic N) is 2. The molecule has 0 spiro atoms. The number of aromatic hydroxyl groups is 2. The number of halogens is 3. The summed E-state index contributed by atoms with van der Waals surface area (Å²) in [5, 5.41) is 28.1. The first-order valence-electron chi connectivity index (χ1n) is 15.9. The molecule has 12 nitrogen and oxygen atoms in total. The van der Waals surface area contributed by atoms with Crippen molar-refractivity contribution in [2.75, 3.05) is 31.6 Å². The molecule has 0 saturated heterocycles. The van der Waals surface area contributed by atoms with Crippen molar-refractivity contribution in [3.05, 3.63) is 90.3 Å². The van der Waals surface area contributed by atoms with Gasteiger partial charge >= 0.3 is 6.36 Å². The molecule has 0 atom stereocenters. The van der Waals surface area contributed by atoms with Crippen molar-refractivity contribution in [2.24, 2.45) is 0 Å². The van der Waals surface area contributed by atoms with Crippen LogP contribution < -0.4 is 20.7 Å². The SMILES string of the molecule is CC(C)(CCOC(C)(C)CNC(=O)c1cccc(O)c1O)OCCNC(=O)c1cccc(-c2cc(Nc3ccc(OC(F)(F)F)cc3)ncn2)c1. The first kappa shape index (κ1) is 38.4. The molecule has 4 aromatic rings. The topological polar surface area (TPSA) is 164 Å². The van der Waals surface area contributed by atoms with Crippen LogP contribution in [-0.4, -0.2) is 75.9 Å². The van der Waals surface area contributed by atoms with Crippen molar-refractivity contribution in [3.8, 4) is 28.5 Å². The molecule has 15 heteroatoms. The van der Waals surface area contributed by atoms with E-state index in [9.17, 15) is 33.0 Å². The minimum atomic E-state index is -4.78. The second-order valence-corrected chi connectivity index (χ2v) is 12.6. The van der Waals surface area contributed by atoms with Gasteiger partial charge in [0.05, 0.1) is 35.7 Å². The molecular formula is C36H40F3N5O7. The minimum absolute atomic E-state index is 0.0383. The van der Waals surface area contributed by atoms with Gasteiger partial charge in [-0.05, 0) is 82.6 Å². The molecule has 0 unspecified atom stereocenters. The van der Waals surface area contributed by atoms with E-state index in [0.717, 1.165) is 0 Å². The number of phenolic OH excluding ortho intramolecular Hbond substituents is 2. The number of hydrogen-bond acceptors (Lipinski definition) is 10. The van der Waals surface area contributed by atoms with Crippen molar-refractivity contribution in [1.29, 1.82) is 0 Å². The number of benzene rings is 3. The summed E-state index contributed by atoms with van der Waals surface area (Å²) in [6.07, 6.45) is -2.92. The van der Waals surface area contributed by atoms with Crippen molar-refractivity contribution < 1.29 is 47.2 Å². The number of nitrogens with one attached hydrogen (secondary N) is 3. The van der Waals surface area contributed by atoms with Crippen molar-refractivity contribution in [2.45, 2.75) is 51.7 Å². The van der Waals surface area contributed by atoms with Gasteiger partial charge in [-0.15, -0.1) is 13.2 Å². The standard InChI is InChI=1S/C36H40F3N5O7/c1-34(2,15-17-49-35(3,4)21-41-33(48)27-9-6-10-29(45)31(27)46)50-18-16-40-32(47)24-8-5-7-23(19-24)28-20-30(43-22-42-28)44-25-11-13-26(14-12-25)51-36(37,38)39/h5-14,19-20,22,45-46H,15-18,21H2,1-4H3,(H,40,47)(H,41,48)(H,42,43,44). The van der Waals surface area contributed by atoms with Gasteiger partial charge in [-0.3, -0.25) is 9.59 Å². The quantitative estimate of drug-likeness (QED) is 0.0655. The van der Waals surface area contributed by atoms with Gasteiger partial charge < -0.3 is 40.4 Å². The third kappa shape index (κ3) is 12.2.